The van der Waals surface area contributed by atoms with Crippen molar-refractivity contribution in [3.63, 3.8) is 0 Å². The van der Waals surface area contributed by atoms with Crippen molar-refractivity contribution in [1.82, 2.24) is 5.32 Å². The van der Waals surface area contributed by atoms with Crippen LogP contribution in [0.25, 0.3) is 0 Å². The maximum atomic E-state index is 3.87. The van der Waals surface area contributed by atoms with Crippen LogP contribution in [0.3, 0.4) is 0 Å². The SMILES string of the molecule is C=CCCC1CC(C)(C)CCC1CNCCC. The third-order valence-corrected chi connectivity index (χ3v) is 4.25. The Balaban J connectivity index is 2.44. The van der Waals surface area contributed by atoms with Gasteiger partial charge < -0.3 is 5.32 Å². The topological polar surface area (TPSA) is 12.0 Å². The highest BCUT2D eigenvalue weighted by atomic mass is 14.9. The highest BCUT2D eigenvalue weighted by Gasteiger charge is 2.33. The van der Waals surface area contributed by atoms with Crippen molar-refractivity contribution >= 4 is 0 Å². The maximum absolute atomic E-state index is 3.87. The minimum atomic E-state index is 0.563. The van der Waals surface area contributed by atoms with Gasteiger partial charge in [0.05, 0.1) is 0 Å². The Morgan fingerprint density at radius 3 is 2.76 bits per heavy atom. The predicted molar refractivity (Wildman–Crippen MR) is 77.2 cm³/mol. The molecular weight excluding hydrogens is 206 g/mol. The van der Waals surface area contributed by atoms with Crippen molar-refractivity contribution in [3.05, 3.63) is 12.7 Å². The average Bonchev–Trinajstić information content (AvgIpc) is 2.28. The molecule has 0 aliphatic heterocycles. The monoisotopic (exact) mass is 237 g/mol. The van der Waals surface area contributed by atoms with Crippen LogP contribution in [0, 0.1) is 17.3 Å². The summed E-state index contributed by atoms with van der Waals surface area (Å²) >= 11 is 0. The van der Waals surface area contributed by atoms with Gasteiger partial charge in [-0.05, 0) is 68.9 Å². The lowest BCUT2D eigenvalue weighted by molar-refractivity contribution is 0.110. The van der Waals surface area contributed by atoms with Gasteiger partial charge in [-0.3, -0.25) is 0 Å². The summed E-state index contributed by atoms with van der Waals surface area (Å²) in [5.74, 6) is 1.80. The van der Waals surface area contributed by atoms with E-state index in [-0.39, 0.29) is 0 Å². The Morgan fingerprint density at radius 2 is 2.12 bits per heavy atom. The third-order valence-electron chi connectivity index (χ3n) is 4.25. The molecule has 0 aromatic carbocycles. The molecule has 1 heteroatoms. The molecule has 0 aromatic heterocycles. The van der Waals surface area contributed by atoms with Crippen LogP contribution < -0.4 is 5.32 Å². The van der Waals surface area contributed by atoms with Crippen molar-refractivity contribution < 1.29 is 0 Å². The maximum Gasteiger partial charge on any atom is -0.00179 e. The third kappa shape index (κ3) is 5.25. The van der Waals surface area contributed by atoms with Crippen LogP contribution in [0.2, 0.25) is 0 Å². The summed E-state index contributed by atoms with van der Waals surface area (Å²) in [6.07, 6.45) is 10.1. The van der Waals surface area contributed by atoms with Gasteiger partial charge in [0.1, 0.15) is 0 Å². The Labute approximate surface area is 108 Å². The molecule has 2 atom stereocenters. The van der Waals surface area contributed by atoms with Gasteiger partial charge in [0.15, 0.2) is 0 Å². The minimum Gasteiger partial charge on any atom is -0.316 e. The van der Waals surface area contributed by atoms with Crippen LogP contribution in [0.4, 0.5) is 0 Å². The van der Waals surface area contributed by atoms with Crippen molar-refractivity contribution in [2.45, 2.75) is 59.3 Å². The summed E-state index contributed by atoms with van der Waals surface area (Å²) in [6, 6.07) is 0. The van der Waals surface area contributed by atoms with Gasteiger partial charge in [-0.25, -0.2) is 0 Å². The Hall–Kier alpha value is -0.300. The predicted octanol–water partition coefficient (Wildman–Crippen LogP) is 4.39. The molecule has 1 nitrogen and oxygen atoms in total. The first kappa shape index (κ1) is 14.8. The second-order valence-electron chi connectivity index (χ2n) is 6.50. The molecule has 0 amide bonds. The average molecular weight is 237 g/mol. The van der Waals surface area contributed by atoms with Gasteiger partial charge in [-0.15, -0.1) is 6.58 Å². The van der Waals surface area contributed by atoms with E-state index in [2.05, 4.69) is 38.7 Å². The smallest absolute Gasteiger partial charge is 0.00179 e. The van der Waals surface area contributed by atoms with Crippen LogP contribution in [0.1, 0.15) is 59.3 Å². The Bertz CT molecular complexity index is 220. The molecule has 1 fully saturated rings. The van der Waals surface area contributed by atoms with E-state index >= 15 is 0 Å². The summed E-state index contributed by atoms with van der Waals surface area (Å²) in [5, 5.41) is 3.61. The first-order chi connectivity index (χ1) is 8.09. The number of hydrogen-bond donors (Lipinski definition) is 1. The molecule has 0 heterocycles. The lowest BCUT2D eigenvalue weighted by Crippen LogP contribution is -2.36. The number of allylic oxidation sites excluding steroid dienone is 1. The van der Waals surface area contributed by atoms with E-state index in [1.54, 1.807) is 0 Å². The molecule has 1 N–H and O–H groups in total. The van der Waals surface area contributed by atoms with Crippen molar-refractivity contribution in [2.75, 3.05) is 13.1 Å². The zero-order valence-corrected chi connectivity index (χ0v) is 12.1. The molecule has 2 unspecified atom stereocenters. The minimum absolute atomic E-state index is 0.563. The normalized spacial score (nSPS) is 27.9. The van der Waals surface area contributed by atoms with E-state index in [9.17, 15) is 0 Å². The molecule has 0 aromatic rings. The Kier molecular flexibility index (Phi) is 6.26. The number of hydrogen-bond acceptors (Lipinski definition) is 1. The first-order valence-corrected chi connectivity index (χ1v) is 7.40. The van der Waals surface area contributed by atoms with E-state index in [4.69, 9.17) is 0 Å². The molecular formula is C16H31N. The molecule has 17 heavy (non-hydrogen) atoms. The Morgan fingerprint density at radius 1 is 1.35 bits per heavy atom. The summed E-state index contributed by atoms with van der Waals surface area (Å²) < 4.78 is 0. The zero-order chi connectivity index (χ0) is 12.7. The van der Waals surface area contributed by atoms with Crippen LogP contribution in [0.5, 0.6) is 0 Å². The molecule has 0 radical (unpaired) electrons. The first-order valence-electron chi connectivity index (χ1n) is 7.40. The van der Waals surface area contributed by atoms with Crippen molar-refractivity contribution in [1.29, 1.82) is 0 Å². The van der Waals surface area contributed by atoms with Crippen molar-refractivity contribution in [3.8, 4) is 0 Å². The fourth-order valence-corrected chi connectivity index (χ4v) is 3.19. The summed E-state index contributed by atoms with van der Waals surface area (Å²) in [7, 11) is 0. The molecule has 1 rings (SSSR count). The lowest BCUT2D eigenvalue weighted by atomic mass is 9.66. The molecule has 0 bridgehead atoms. The molecule has 1 aliphatic rings. The second kappa shape index (κ2) is 7.20. The van der Waals surface area contributed by atoms with Crippen LogP contribution in [-0.2, 0) is 0 Å². The lowest BCUT2D eigenvalue weighted by Gasteiger charge is -2.41. The number of rotatable bonds is 7. The quantitative estimate of drug-likeness (QED) is 0.511. The van der Waals surface area contributed by atoms with Crippen LogP contribution in [0.15, 0.2) is 12.7 Å². The van der Waals surface area contributed by atoms with Crippen LogP contribution >= 0.6 is 0 Å². The van der Waals surface area contributed by atoms with Crippen molar-refractivity contribution in [2.24, 2.45) is 17.3 Å². The molecule has 0 saturated heterocycles. The van der Waals surface area contributed by atoms with E-state index < -0.39 is 0 Å². The number of nitrogens with one attached hydrogen (secondary N) is 1. The summed E-state index contributed by atoms with van der Waals surface area (Å²) in [6.45, 7) is 13.4. The van der Waals surface area contributed by atoms with Gasteiger partial charge in [0, 0.05) is 0 Å². The standard InChI is InChI=1S/C16H31N/c1-5-7-8-14-12-16(3,4)10-9-15(14)13-17-11-6-2/h5,14-15,17H,1,6-13H2,2-4H3. The van der Waals surface area contributed by atoms with Gasteiger partial charge in [0.25, 0.3) is 0 Å². The fourth-order valence-electron chi connectivity index (χ4n) is 3.19. The van der Waals surface area contributed by atoms with Crippen LogP contribution in [-0.4, -0.2) is 13.1 Å². The van der Waals surface area contributed by atoms with E-state index in [0.717, 1.165) is 11.8 Å². The van der Waals surface area contributed by atoms with Gasteiger partial charge in [-0.2, -0.15) is 0 Å². The highest BCUT2D eigenvalue weighted by Crippen LogP contribution is 2.43. The summed E-state index contributed by atoms with van der Waals surface area (Å²) in [4.78, 5) is 0. The molecule has 1 saturated carbocycles. The van der Waals surface area contributed by atoms with Gasteiger partial charge in [0.2, 0.25) is 0 Å². The van der Waals surface area contributed by atoms with E-state index in [1.807, 2.05) is 0 Å². The largest absolute Gasteiger partial charge is 0.316 e. The highest BCUT2D eigenvalue weighted by molar-refractivity contribution is 4.87. The van der Waals surface area contributed by atoms with E-state index in [1.165, 1.54) is 51.6 Å². The van der Waals surface area contributed by atoms with Gasteiger partial charge >= 0.3 is 0 Å². The molecule has 100 valence electrons. The molecule has 1 aliphatic carbocycles. The van der Waals surface area contributed by atoms with E-state index in [0.29, 0.717) is 5.41 Å². The zero-order valence-electron chi connectivity index (χ0n) is 12.1. The molecule has 0 spiro atoms. The van der Waals surface area contributed by atoms with Gasteiger partial charge in [-0.1, -0.05) is 26.8 Å². The second-order valence-corrected chi connectivity index (χ2v) is 6.50. The summed E-state index contributed by atoms with van der Waals surface area (Å²) in [5.41, 5.74) is 0.563. The fraction of sp³-hybridized carbons (Fsp3) is 0.875.